The second-order valence-electron chi connectivity index (χ2n) is 15.8. The van der Waals surface area contributed by atoms with E-state index in [1.807, 2.05) is 11.3 Å². The van der Waals surface area contributed by atoms with Crippen molar-refractivity contribution in [3.63, 3.8) is 0 Å². The average Bonchev–Trinajstić information content (AvgIpc) is 3.70. The summed E-state index contributed by atoms with van der Waals surface area (Å²) in [5.74, 6) is 4.03. The van der Waals surface area contributed by atoms with E-state index in [0.29, 0.717) is 11.8 Å². The zero-order valence-corrected chi connectivity index (χ0v) is 29.2. The molecule has 0 radical (unpaired) electrons. The summed E-state index contributed by atoms with van der Waals surface area (Å²) < 4.78 is 2.71. The number of fused-ring (bicyclic) bond motifs is 7. The van der Waals surface area contributed by atoms with Gasteiger partial charge in [-0.2, -0.15) is 0 Å². The van der Waals surface area contributed by atoms with Gasteiger partial charge in [-0.3, -0.25) is 0 Å². The van der Waals surface area contributed by atoms with E-state index in [4.69, 9.17) is 9.97 Å². The summed E-state index contributed by atoms with van der Waals surface area (Å²) in [6.07, 6.45) is 6.95. The highest BCUT2D eigenvalue weighted by Crippen LogP contribution is 2.70. The Hall–Kier alpha value is -5.12. The fourth-order valence-corrected chi connectivity index (χ4v) is 12.6. The van der Waals surface area contributed by atoms with E-state index in [0.717, 1.165) is 45.4 Å². The minimum atomic E-state index is 0.0885. The summed E-state index contributed by atoms with van der Waals surface area (Å²) in [4.78, 5) is 10.5. The zero-order chi connectivity index (χ0) is 33.3. The first-order valence-corrected chi connectivity index (χ1v) is 19.6. The van der Waals surface area contributed by atoms with E-state index in [-0.39, 0.29) is 5.41 Å². The maximum absolute atomic E-state index is 5.33. The normalized spacial score (nSPS) is 24.2. The molecule has 0 unspecified atom stereocenters. The first kappa shape index (κ1) is 28.6. The van der Waals surface area contributed by atoms with Crippen molar-refractivity contribution in [2.75, 3.05) is 0 Å². The lowest BCUT2D eigenvalue weighted by atomic mass is 9.43. The van der Waals surface area contributed by atoms with Crippen molar-refractivity contribution in [2.24, 2.45) is 23.7 Å². The Morgan fingerprint density at radius 2 is 1.22 bits per heavy atom. The maximum Gasteiger partial charge on any atom is 0.160 e. The molecule has 51 heavy (non-hydrogen) atoms. The van der Waals surface area contributed by atoms with Crippen molar-refractivity contribution in [3.05, 3.63) is 145 Å². The molecule has 5 aliphatic rings. The lowest BCUT2D eigenvalue weighted by molar-refractivity contribution is -0.0399. The minimum Gasteiger partial charge on any atom is -0.228 e. The Morgan fingerprint density at radius 3 is 2.06 bits per heavy atom. The molecular weight excluding hydrogens is 637 g/mol. The van der Waals surface area contributed by atoms with Crippen molar-refractivity contribution in [3.8, 4) is 44.9 Å². The Bertz CT molecular complexity index is 2690. The van der Waals surface area contributed by atoms with Crippen LogP contribution in [-0.2, 0) is 5.41 Å². The molecule has 0 saturated heterocycles. The third-order valence-electron chi connectivity index (χ3n) is 13.3. The quantitative estimate of drug-likeness (QED) is 0.187. The molecular formula is C48H36N2S. The Kier molecular flexibility index (Phi) is 5.86. The van der Waals surface area contributed by atoms with E-state index in [9.17, 15) is 0 Å². The van der Waals surface area contributed by atoms with Crippen molar-refractivity contribution in [1.29, 1.82) is 0 Å². The topological polar surface area (TPSA) is 25.8 Å². The number of nitrogens with zero attached hydrogens (tertiary/aromatic N) is 2. The second kappa shape index (κ2) is 10.5. The third kappa shape index (κ3) is 3.93. The highest BCUT2D eigenvalue weighted by molar-refractivity contribution is 7.25. The first-order chi connectivity index (χ1) is 25.2. The molecule has 2 heterocycles. The van der Waals surface area contributed by atoms with Crippen LogP contribution in [0.3, 0.4) is 0 Å². The van der Waals surface area contributed by atoms with Gasteiger partial charge in [0.15, 0.2) is 5.82 Å². The van der Waals surface area contributed by atoms with Crippen LogP contribution >= 0.6 is 11.3 Å². The zero-order valence-electron chi connectivity index (χ0n) is 28.3. The minimum absolute atomic E-state index is 0.0885. The van der Waals surface area contributed by atoms with Crippen LogP contribution in [0.15, 0.2) is 133 Å². The summed E-state index contributed by atoms with van der Waals surface area (Å²) in [7, 11) is 0. The van der Waals surface area contributed by atoms with Gasteiger partial charge in [0, 0.05) is 42.1 Å². The molecule has 0 atom stereocenters. The van der Waals surface area contributed by atoms with Gasteiger partial charge in [0.25, 0.3) is 0 Å². The smallest absolute Gasteiger partial charge is 0.160 e. The van der Waals surface area contributed by atoms with Crippen LogP contribution in [0, 0.1) is 23.7 Å². The molecule has 0 N–H and O–H groups in total. The lowest BCUT2D eigenvalue weighted by Crippen LogP contribution is -2.55. The first-order valence-electron chi connectivity index (χ1n) is 18.7. The fourth-order valence-electron chi connectivity index (χ4n) is 11.5. The molecule has 0 amide bonds. The van der Waals surface area contributed by atoms with Gasteiger partial charge in [-0.15, -0.1) is 11.3 Å². The van der Waals surface area contributed by atoms with Gasteiger partial charge < -0.3 is 0 Å². The number of benzene rings is 6. The molecule has 5 aliphatic carbocycles. The van der Waals surface area contributed by atoms with E-state index in [1.54, 1.807) is 11.1 Å². The molecule has 13 rings (SSSR count). The van der Waals surface area contributed by atoms with Gasteiger partial charge in [-0.05, 0) is 119 Å². The second-order valence-corrected chi connectivity index (χ2v) is 16.8. The Balaban J connectivity index is 1.11. The van der Waals surface area contributed by atoms with Gasteiger partial charge in [-0.25, -0.2) is 9.97 Å². The Morgan fingerprint density at radius 1 is 0.490 bits per heavy atom. The molecule has 3 heteroatoms. The predicted octanol–water partition coefficient (Wildman–Crippen LogP) is 12.7. The van der Waals surface area contributed by atoms with Crippen LogP contribution in [0.5, 0.6) is 0 Å². The highest BCUT2D eigenvalue weighted by atomic mass is 32.1. The maximum atomic E-state index is 5.33. The number of aromatic nitrogens is 2. The summed E-state index contributed by atoms with van der Waals surface area (Å²) >= 11 is 1.90. The molecule has 0 aliphatic heterocycles. The lowest BCUT2D eigenvalue weighted by Gasteiger charge is -2.61. The highest BCUT2D eigenvalue weighted by Gasteiger charge is 2.61. The Labute approximate surface area is 301 Å². The van der Waals surface area contributed by atoms with E-state index >= 15 is 0 Å². The van der Waals surface area contributed by atoms with Gasteiger partial charge >= 0.3 is 0 Å². The van der Waals surface area contributed by atoms with Crippen LogP contribution in [-0.4, -0.2) is 9.97 Å². The van der Waals surface area contributed by atoms with Gasteiger partial charge in [-0.1, -0.05) is 103 Å². The molecule has 6 aromatic carbocycles. The SMILES string of the molecule is c1ccc(-c2nc(-c3ccc4c(c3)-c3c(-c5ccc6sc7ccccc7c6c5)cccc3C43C4CC5CC(C4)CC3C5)nc3ccccc23)cc1. The van der Waals surface area contributed by atoms with Crippen LogP contribution in [0.25, 0.3) is 76.0 Å². The molecule has 1 spiro atoms. The monoisotopic (exact) mass is 672 g/mol. The largest absolute Gasteiger partial charge is 0.228 e. The van der Waals surface area contributed by atoms with E-state index in [1.165, 1.54) is 74.5 Å². The van der Waals surface area contributed by atoms with Crippen molar-refractivity contribution in [1.82, 2.24) is 9.97 Å². The predicted molar refractivity (Wildman–Crippen MR) is 212 cm³/mol. The van der Waals surface area contributed by atoms with Crippen molar-refractivity contribution in [2.45, 2.75) is 37.5 Å². The number of para-hydroxylation sites is 1. The van der Waals surface area contributed by atoms with Crippen molar-refractivity contribution < 1.29 is 0 Å². The number of rotatable bonds is 3. The standard InChI is InChI=1S/C48H36N2S/c1-2-9-30(10-3-1)46-37-12-4-6-15-42(37)49-47(50-46)32-17-19-40-39(27-32)45-35(31-18-20-44-38(26-31)36-11-5-7-16-43(36)51-44)13-8-14-41(45)48(40)33-22-28-21-29(24-33)25-34(48)23-28/h1-20,26-29,33-34H,21-25H2. The molecule has 8 aromatic rings. The summed E-state index contributed by atoms with van der Waals surface area (Å²) in [6, 6.07) is 49.7. The molecule has 4 bridgehead atoms. The van der Waals surface area contributed by atoms with Gasteiger partial charge in [0.05, 0.1) is 11.2 Å². The van der Waals surface area contributed by atoms with Gasteiger partial charge in [0.1, 0.15) is 0 Å². The van der Waals surface area contributed by atoms with E-state index in [2.05, 4.69) is 133 Å². The molecule has 2 aromatic heterocycles. The van der Waals surface area contributed by atoms with Crippen LogP contribution < -0.4 is 0 Å². The molecule has 244 valence electrons. The summed E-state index contributed by atoms with van der Waals surface area (Å²) in [5.41, 5.74) is 13.0. The molecule has 2 nitrogen and oxygen atoms in total. The average molecular weight is 673 g/mol. The van der Waals surface area contributed by atoms with Crippen LogP contribution in [0.1, 0.15) is 43.2 Å². The van der Waals surface area contributed by atoms with E-state index < -0.39 is 0 Å². The molecule has 4 saturated carbocycles. The van der Waals surface area contributed by atoms with Crippen LogP contribution in [0.2, 0.25) is 0 Å². The fraction of sp³-hybridized carbons (Fsp3) is 0.208. The van der Waals surface area contributed by atoms with Gasteiger partial charge in [0.2, 0.25) is 0 Å². The summed E-state index contributed by atoms with van der Waals surface area (Å²) in [6.45, 7) is 0. The van der Waals surface area contributed by atoms with Crippen LogP contribution in [0.4, 0.5) is 0 Å². The van der Waals surface area contributed by atoms with Crippen molar-refractivity contribution >= 4 is 42.4 Å². The summed E-state index contributed by atoms with van der Waals surface area (Å²) in [5, 5.41) is 3.81. The number of thiophene rings is 1. The molecule has 4 fully saturated rings. The number of hydrogen-bond donors (Lipinski definition) is 0. The third-order valence-corrected chi connectivity index (χ3v) is 14.4. The number of hydrogen-bond acceptors (Lipinski definition) is 3.